The molecule has 0 aliphatic rings. The van der Waals surface area contributed by atoms with Gasteiger partial charge in [0.2, 0.25) is 0 Å². The molecule has 0 unspecified atom stereocenters. The molecule has 0 spiro atoms. The average Bonchev–Trinajstić information content (AvgIpc) is 3.26. The van der Waals surface area contributed by atoms with Crippen molar-refractivity contribution in [2.75, 3.05) is 5.43 Å². The van der Waals surface area contributed by atoms with Gasteiger partial charge in [0.05, 0.1) is 17.6 Å². The Morgan fingerprint density at radius 3 is 2.67 bits per heavy atom. The summed E-state index contributed by atoms with van der Waals surface area (Å²) in [7, 11) is 0. The second kappa shape index (κ2) is 6.00. The number of hydrogen-bond acceptors (Lipinski definition) is 3. The van der Waals surface area contributed by atoms with Gasteiger partial charge in [-0.1, -0.05) is 24.3 Å². The SMILES string of the molecule is O=C(Nn1cnc2ccccc21)c1ccc(Cn2cccn2)cc1. The zero-order valence-electron chi connectivity index (χ0n) is 12.8. The molecule has 4 aromatic rings. The van der Waals surface area contributed by atoms with Gasteiger partial charge in [-0.3, -0.25) is 14.9 Å². The van der Waals surface area contributed by atoms with E-state index < -0.39 is 0 Å². The van der Waals surface area contributed by atoms with Crippen LogP contribution in [0, 0.1) is 0 Å². The Morgan fingerprint density at radius 2 is 1.88 bits per heavy atom. The molecule has 2 aromatic heterocycles. The van der Waals surface area contributed by atoms with E-state index in [9.17, 15) is 4.79 Å². The lowest BCUT2D eigenvalue weighted by Gasteiger charge is -2.08. The van der Waals surface area contributed by atoms with E-state index in [1.54, 1.807) is 17.2 Å². The second-order valence-corrected chi connectivity index (χ2v) is 5.44. The quantitative estimate of drug-likeness (QED) is 0.629. The van der Waals surface area contributed by atoms with E-state index in [4.69, 9.17) is 0 Å². The minimum absolute atomic E-state index is 0.177. The van der Waals surface area contributed by atoms with Crippen LogP contribution in [0.5, 0.6) is 0 Å². The van der Waals surface area contributed by atoms with Crippen molar-refractivity contribution < 1.29 is 4.79 Å². The Labute approximate surface area is 138 Å². The smallest absolute Gasteiger partial charge is 0.268 e. The number of amides is 1. The number of imidazole rings is 1. The van der Waals surface area contributed by atoms with Gasteiger partial charge >= 0.3 is 0 Å². The van der Waals surface area contributed by atoms with Crippen molar-refractivity contribution in [2.24, 2.45) is 0 Å². The summed E-state index contributed by atoms with van der Waals surface area (Å²) < 4.78 is 3.47. The fourth-order valence-electron chi connectivity index (χ4n) is 2.56. The van der Waals surface area contributed by atoms with Crippen LogP contribution < -0.4 is 5.43 Å². The molecule has 0 aliphatic heterocycles. The number of rotatable bonds is 4. The van der Waals surface area contributed by atoms with Gasteiger partial charge in [-0.05, 0) is 35.9 Å². The van der Waals surface area contributed by atoms with Gasteiger partial charge in [-0.15, -0.1) is 0 Å². The highest BCUT2D eigenvalue weighted by molar-refractivity contribution is 6.00. The molecule has 0 atom stereocenters. The Balaban J connectivity index is 1.50. The maximum absolute atomic E-state index is 12.4. The molecule has 0 saturated carbocycles. The van der Waals surface area contributed by atoms with Gasteiger partial charge in [-0.25, -0.2) is 9.66 Å². The standard InChI is InChI=1S/C18H15N5O/c24-18(21-23-13-19-16-4-1-2-5-17(16)23)15-8-6-14(7-9-15)12-22-11-3-10-20-22/h1-11,13H,12H2,(H,21,24). The van der Waals surface area contributed by atoms with E-state index in [-0.39, 0.29) is 5.91 Å². The third kappa shape index (κ3) is 2.77. The predicted octanol–water partition coefficient (Wildman–Crippen LogP) is 2.67. The molecule has 2 aromatic carbocycles. The van der Waals surface area contributed by atoms with Crippen LogP contribution in [-0.4, -0.2) is 25.3 Å². The monoisotopic (exact) mass is 317 g/mol. The highest BCUT2D eigenvalue weighted by atomic mass is 16.2. The Hall–Kier alpha value is -3.41. The molecule has 0 fully saturated rings. The lowest BCUT2D eigenvalue weighted by Crippen LogP contribution is -2.22. The van der Waals surface area contributed by atoms with Crippen molar-refractivity contribution in [3.8, 4) is 0 Å². The summed E-state index contributed by atoms with van der Waals surface area (Å²) in [5.74, 6) is -0.177. The van der Waals surface area contributed by atoms with E-state index in [2.05, 4.69) is 15.5 Å². The van der Waals surface area contributed by atoms with Gasteiger partial charge in [0, 0.05) is 18.0 Å². The van der Waals surface area contributed by atoms with E-state index in [1.165, 1.54) is 0 Å². The molecule has 6 nitrogen and oxygen atoms in total. The Kier molecular flexibility index (Phi) is 3.55. The number of fused-ring (bicyclic) bond motifs is 1. The molecule has 24 heavy (non-hydrogen) atoms. The second-order valence-electron chi connectivity index (χ2n) is 5.44. The Morgan fingerprint density at radius 1 is 1.04 bits per heavy atom. The normalized spacial score (nSPS) is 10.8. The van der Waals surface area contributed by atoms with Gasteiger partial charge in [0.1, 0.15) is 6.33 Å². The molecule has 0 bridgehead atoms. The summed E-state index contributed by atoms with van der Waals surface area (Å²) in [6.07, 6.45) is 5.26. The molecular weight excluding hydrogens is 302 g/mol. The number of benzene rings is 2. The van der Waals surface area contributed by atoms with Crippen LogP contribution in [0.25, 0.3) is 11.0 Å². The predicted molar refractivity (Wildman–Crippen MR) is 91.2 cm³/mol. The number of nitrogens with one attached hydrogen (secondary N) is 1. The minimum Gasteiger partial charge on any atom is -0.268 e. The lowest BCUT2D eigenvalue weighted by molar-refractivity contribution is 0.101. The summed E-state index contributed by atoms with van der Waals surface area (Å²) >= 11 is 0. The maximum Gasteiger partial charge on any atom is 0.270 e. The summed E-state index contributed by atoms with van der Waals surface area (Å²) in [6.45, 7) is 0.682. The van der Waals surface area contributed by atoms with Crippen molar-refractivity contribution in [1.29, 1.82) is 0 Å². The summed E-state index contributed by atoms with van der Waals surface area (Å²) in [6, 6.07) is 17.0. The number of para-hydroxylation sites is 2. The fraction of sp³-hybridized carbons (Fsp3) is 0.0556. The topological polar surface area (TPSA) is 64.7 Å². The maximum atomic E-state index is 12.4. The molecule has 1 N–H and O–H groups in total. The lowest BCUT2D eigenvalue weighted by atomic mass is 10.1. The largest absolute Gasteiger partial charge is 0.270 e. The molecule has 0 radical (unpaired) electrons. The van der Waals surface area contributed by atoms with Crippen LogP contribution in [0.2, 0.25) is 0 Å². The molecule has 1 amide bonds. The van der Waals surface area contributed by atoms with E-state index >= 15 is 0 Å². The zero-order valence-corrected chi connectivity index (χ0v) is 12.8. The highest BCUT2D eigenvalue weighted by Gasteiger charge is 2.08. The molecule has 6 heteroatoms. The highest BCUT2D eigenvalue weighted by Crippen LogP contribution is 2.11. The molecule has 2 heterocycles. The van der Waals surface area contributed by atoms with Crippen LogP contribution in [0.3, 0.4) is 0 Å². The van der Waals surface area contributed by atoms with Crippen molar-refractivity contribution >= 4 is 16.9 Å². The minimum atomic E-state index is -0.177. The van der Waals surface area contributed by atoms with E-state index in [0.29, 0.717) is 12.1 Å². The van der Waals surface area contributed by atoms with E-state index in [1.807, 2.05) is 65.5 Å². The number of carbonyl (C=O) groups is 1. The van der Waals surface area contributed by atoms with Gasteiger partial charge in [-0.2, -0.15) is 5.10 Å². The van der Waals surface area contributed by atoms with Crippen LogP contribution >= 0.6 is 0 Å². The van der Waals surface area contributed by atoms with Gasteiger partial charge in [0.25, 0.3) is 5.91 Å². The van der Waals surface area contributed by atoms with Crippen molar-refractivity contribution in [2.45, 2.75) is 6.54 Å². The summed E-state index contributed by atoms with van der Waals surface area (Å²) in [4.78, 5) is 16.7. The van der Waals surface area contributed by atoms with Crippen LogP contribution in [-0.2, 0) is 6.54 Å². The van der Waals surface area contributed by atoms with E-state index in [0.717, 1.165) is 16.6 Å². The van der Waals surface area contributed by atoms with Gasteiger partial charge < -0.3 is 0 Å². The number of carbonyl (C=O) groups excluding carboxylic acids is 1. The van der Waals surface area contributed by atoms with Crippen LogP contribution in [0.4, 0.5) is 0 Å². The van der Waals surface area contributed by atoms with Gasteiger partial charge in [0.15, 0.2) is 0 Å². The number of hydrogen-bond donors (Lipinski definition) is 1. The third-order valence-electron chi connectivity index (χ3n) is 3.80. The average molecular weight is 317 g/mol. The van der Waals surface area contributed by atoms with Crippen molar-refractivity contribution in [3.05, 3.63) is 84.4 Å². The fourth-order valence-corrected chi connectivity index (χ4v) is 2.56. The van der Waals surface area contributed by atoms with Crippen molar-refractivity contribution in [3.63, 3.8) is 0 Å². The number of nitrogens with zero attached hydrogens (tertiary/aromatic N) is 4. The molecular formula is C18H15N5O. The molecule has 4 rings (SSSR count). The first-order valence-corrected chi connectivity index (χ1v) is 7.59. The first kappa shape index (κ1) is 14.2. The first-order valence-electron chi connectivity index (χ1n) is 7.59. The molecule has 0 aliphatic carbocycles. The molecule has 0 saturated heterocycles. The van der Waals surface area contributed by atoms with Crippen molar-refractivity contribution in [1.82, 2.24) is 19.4 Å². The number of aromatic nitrogens is 4. The zero-order chi connectivity index (χ0) is 16.4. The first-order chi connectivity index (χ1) is 11.8. The summed E-state index contributed by atoms with van der Waals surface area (Å²) in [5, 5.41) is 4.18. The molecule has 118 valence electrons. The third-order valence-corrected chi connectivity index (χ3v) is 3.80. The Bertz CT molecular complexity index is 970. The summed E-state index contributed by atoms with van der Waals surface area (Å²) in [5.41, 5.74) is 6.23. The van der Waals surface area contributed by atoms with Crippen LogP contribution in [0.15, 0.2) is 73.3 Å². The van der Waals surface area contributed by atoms with Crippen LogP contribution in [0.1, 0.15) is 15.9 Å².